The molecule has 0 aromatic rings. The van der Waals surface area contributed by atoms with E-state index >= 15 is 0 Å². The minimum absolute atomic E-state index is 0.197. The van der Waals surface area contributed by atoms with Crippen LogP contribution in [-0.4, -0.2) is 17.8 Å². The van der Waals surface area contributed by atoms with Crippen LogP contribution < -0.4 is 10.6 Å². The molecule has 0 aromatic heterocycles. The van der Waals surface area contributed by atoms with Gasteiger partial charge >= 0.3 is 6.03 Å². The summed E-state index contributed by atoms with van der Waals surface area (Å²) in [5.74, 6) is -1.14. The summed E-state index contributed by atoms with van der Waals surface area (Å²) in [6.07, 6.45) is 5.42. The molecule has 0 unspecified atom stereocenters. The Labute approximate surface area is 93.6 Å². The van der Waals surface area contributed by atoms with Gasteiger partial charge in [0.1, 0.15) is 5.41 Å². The van der Waals surface area contributed by atoms with Gasteiger partial charge in [-0.2, -0.15) is 0 Å². The van der Waals surface area contributed by atoms with E-state index in [-0.39, 0.29) is 12.8 Å². The number of carbonyl (C=O) groups excluding carboxylic acids is 3. The monoisotopic (exact) mass is 222 g/mol. The molecule has 0 bridgehead atoms. The highest BCUT2D eigenvalue weighted by atomic mass is 16.2. The Bertz CT molecular complexity index is 351. The van der Waals surface area contributed by atoms with Crippen LogP contribution in [0.3, 0.4) is 0 Å². The summed E-state index contributed by atoms with van der Waals surface area (Å²) in [6, 6.07) is -0.768. The maximum atomic E-state index is 11.8. The number of urea groups is 1. The van der Waals surface area contributed by atoms with Crippen LogP contribution >= 0.6 is 0 Å². The molecular formula is C11H14N2O3. The molecule has 1 heterocycles. The van der Waals surface area contributed by atoms with Crippen molar-refractivity contribution < 1.29 is 14.4 Å². The van der Waals surface area contributed by atoms with Gasteiger partial charge in [0.15, 0.2) is 0 Å². The Kier molecular flexibility index (Phi) is 3.60. The average Bonchev–Trinajstić information content (AvgIpc) is 2.22. The van der Waals surface area contributed by atoms with Gasteiger partial charge < -0.3 is 0 Å². The minimum Gasteiger partial charge on any atom is -0.277 e. The number of allylic oxidation sites excluding steroid dienone is 3. The zero-order valence-corrected chi connectivity index (χ0v) is 9.08. The van der Waals surface area contributed by atoms with E-state index in [0.717, 1.165) is 0 Å². The fraction of sp³-hybridized carbons (Fsp3) is 0.364. The molecule has 2 N–H and O–H groups in total. The van der Waals surface area contributed by atoms with E-state index in [1.807, 2.05) is 0 Å². The lowest BCUT2D eigenvalue weighted by molar-refractivity contribution is -0.144. The fourth-order valence-corrected chi connectivity index (χ4v) is 1.60. The highest BCUT2D eigenvalue weighted by Gasteiger charge is 2.48. The molecule has 16 heavy (non-hydrogen) atoms. The summed E-state index contributed by atoms with van der Waals surface area (Å²) < 4.78 is 0. The normalized spacial score (nSPS) is 19.4. The zero-order valence-electron chi connectivity index (χ0n) is 9.08. The Hall–Kier alpha value is -1.91. The van der Waals surface area contributed by atoms with Crippen LogP contribution in [0.2, 0.25) is 0 Å². The standard InChI is InChI=1S/C11H14N2O3/c1-3-5-7-11(6-4-2)8(14)12-10(16)13-9(11)15/h3-5H,2,6-7H2,1H3,(H2,12,13,14,15,16)/b5-3-. The molecule has 4 amide bonds. The van der Waals surface area contributed by atoms with Crippen molar-refractivity contribution >= 4 is 17.8 Å². The molecule has 0 saturated carbocycles. The highest BCUT2D eigenvalue weighted by molar-refractivity contribution is 6.19. The van der Waals surface area contributed by atoms with E-state index in [1.165, 1.54) is 6.08 Å². The van der Waals surface area contributed by atoms with Crippen LogP contribution in [0.4, 0.5) is 4.79 Å². The van der Waals surface area contributed by atoms with Crippen LogP contribution in [0.5, 0.6) is 0 Å². The van der Waals surface area contributed by atoms with E-state index in [1.54, 1.807) is 19.1 Å². The van der Waals surface area contributed by atoms with Crippen LogP contribution in [0.1, 0.15) is 19.8 Å². The number of hydrogen-bond acceptors (Lipinski definition) is 3. The van der Waals surface area contributed by atoms with E-state index in [4.69, 9.17) is 0 Å². The maximum Gasteiger partial charge on any atom is 0.328 e. The predicted octanol–water partition coefficient (Wildman–Crippen LogP) is 0.881. The van der Waals surface area contributed by atoms with Gasteiger partial charge in [0.2, 0.25) is 11.8 Å². The summed E-state index contributed by atoms with van der Waals surface area (Å²) in [5, 5.41) is 4.21. The van der Waals surface area contributed by atoms with Crippen molar-refractivity contribution in [2.24, 2.45) is 5.41 Å². The maximum absolute atomic E-state index is 11.8. The molecule has 1 aliphatic rings. The van der Waals surface area contributed by atoms with E-state index in [2.05, 4.69) is 17.2 Å². The Morgan fingerprint density at radius 3 is 2.19 bits per heavy atom. The minimum atomic E-state index is -1.25. The molecule has 5 nitrogen and oxygen atoms in total. The highest BCUT2D eigenvalue weighted by Crippen LogP contribution is 2.30. The van der Waals surface area contributed by atoms with Crippen molar-refractivity contribution in [2.75, 3.05) is 0 Å². The summed E-state index contributed by atoms with van der Waals surface area (Å²) in [5.41, 5.74) is -1.25. The van der Waals surface area contributed by atoms with Crippen molar-refractivity contribution in [1.29, 1.82) is 0 Å². The number of rotatable bonds is 4. The molecule has 0 radical (unpaired) electrons. The molecular weight excluding hydrogens is 208 g/mol. The van der Waals surface area contributed by atoms with Crippen molar-refractivity contribution in [3.8, 4) is 0 Å². The van der Waals surface area contributed by atoms with Crippen LogP contribution in [0.25, 0.3) is 0 Å². The fourth-order valence-electron chi connectivity index (χ4n) is 1.60. The second kappa shape index (κ2) is 4.74. The van der Waals surface area contributed by atoms with Gasteiger partial charge in [0, 0.05) is 0 Å². The van der Waals surface area contributed by atoms with Crippen molar-refractivity contribution in [3.63, 3.8) is 0 Å². The van der Waals surface area contributed by atoms with E-state index in [9.17, 15) is 14.4 Å². The van der Waals surface area contributed by atoms with Crippen LogP contribution in [-0.2, 0) is 9.59 Å². The SMILES string of the molecule is C=CCC1(C/C=C\C)C(=O)NC(=O)NC1=O. The van der Waals surface area contributed by atoms with Crippen LogP contribution in [0, 0.1) is 5.41 Å². The molecule has 0 aliphatic carbocycles. The lowest BCUT2D eigenvalue weighted by Gasteiger charge is -2.32. The molecule has 5 heteroatoms. The van der Waals surface area contributed by atoms with Crippen LogP contribution in [0.15, 0.2) is 24.8 Å². The number of amides is 4. The third-order valence-corrected chi connectivity index (χ3v) is 2.52. The summed E-state index contributed by atoms with van der Waals surface area (Å²) in [4.78, 5) is 34.5. The Morgan fingerprint density at radius 2 is 1.75 bits per heavy atom. The average molecular weight is 222 g/mol. The summed E-state index contributed by atoms with van der Waals surface area (Å²) in [6.45, 7) is 5.32. The lowest BCUT2D eigenvalue weighted by Crippen LogP contribution is -2.62. The zero-order chi connectivity index (χ0) is 12.2. The second-order valence-corrected chi connectivity index (χ2v) is 3.59. The first-order valence-corrected chi connectivity index (χ1v) is 4.95. The molecule has 86 valence electrons. The first-order valence-electron chi connectivity index (χ1n) is 4.95. The van der Waals surface area contributed by atoms with Gasteiger partial charge in [0.05, 0.1) is 0 Å². The van der Waals surface area contributed by atoms with Crippen molar-refractivity contribution in [2.45, 2.75) is 19.8 Å². The molecule has 1 saturated heterocycles. The Balaban J connectivity index is 3.05. The third kappa shape index (κ3) is 2.03. The van der Waals surface area contributed by atoms with Crippen molar-refractivity contribution in [3.05, 3.63) is 24.8 Å². The van der Waals surface area contributed by atoms with Gasteiger partial charge in [-0.1, -0.05) is 18.2 Å². The largest absolute Gasteiger partial charge is 0.328 e. The molecule has 0 aromatic carbocycles. The van der Waals surface area contributed by atoms with Crippen molar-refractivity contribution in [1.82, 2.24) is 10.6 Å². The quantitative estimate of drug-likeness (QED) is 0.547. The van der Waals surface area contributed by atoms with E-state index < -0.39 is 23.3 Å². The molecule has 1 fully saturated rings. The number of carbonyl (C=O) groups is 3. The predicted molar refractivity (Wildman–Crippen MR) is 58.4 cm³/mol. The number of imide groups is 2. The first kappa shape index (κ1) is 12.2. The van der Waals surface area contributed by atoms with Gasteiger partial charge in [-0.05, 0) is 19.8 Å². The van der Waals surface area contributed by atoms with Gasteiger partial charge in [-0.15, -0.1) is 6.58 Å². The lowest BCUT2D eigenvalue weighted by atomic mass is 9.78. The summed E-state index contributed by atoms with van der Waals surface area (Å²) in [7, 11) is 0. The number of hydrogen-bond donors (Lipinski definition) is 2. The molecule has 0 atom stereocenters. The Morgan fingerprint density at radius 1 is 1.19 bits per heavy atom. The first-order chi connectivity index (χ1) is 7.56. The van der Waals surface area contributed by atoms with E-state index in [0.29, 0.717) is 0 Å². The molecule has 1 aliphatic heterocycles. The number of nitrogens with one attached hydrogen (secondary N) is 2. The van der Waals surface area contributed by atoms with Gasteiger partial charge in [0.25, 0.3) is 0 Å². The van der Waals surface area contributed by atoms with Gasteiger partial charge in [-0.3, -0.25) is 20.2 Å². The smallest absolute Gasteiger partial charge is 0.277 e. The third-order valence-electron chi connectivity index (χ3n) is 2.52. The van der Waals surface area contributed by atoms with Gasteiger partial charge in [-0.25, -0.2) is 4.79 Å². The molecule has 0 spiro atoms. The molecule has 1 rings (SSSR count). The number of barbiturate groups is 1. The topological polar surface area (TPSA) is 75.3 Å². The summed E-state index contributed by atoms with van der Waals surface area (Å²) >= 11 is 0. The second-order valence-electron chi connectivity index (χ2n) is 3.59.